The van der Waals surface area contributed by atoms with Crippen LogP contribution in [0, 0.1) is 6.92 Å². The summed E-state index contributed by atoms with van der Waals surface area (Å²) in [7, 11) is 0. The first-order chi connectivity index (χ1) is 10.8. The first-order valence-corrected chi connectivity index (χ1v) is 7.17. The van der Waals surface area contributed by atoms with E-state index >= 15 is 0 Å². The summed E-state index contributed by atoms with van der Waals surface area (Å²) in [4.78, 5) is 4.24. The van der Waals surface area contributed by atoms with E-state index < -0.39 is 0 Å². The van der Waals surface area contributed by atoms with Crippen molar-refractivity contribution in [3.05, 3.63) is 84.2 Å². The minimum absolute atomic E-state index is 0.439. The molecule has 0 aliphatic rings. The van der Waals surface area contributed by atoms with Gasteiger partial charge in [0.05, 0.1) is 5.69 Å². The van der Waals surface area contributed by atoms with Gasteiger partial charge >= 0.3 is 0 Å². The molecular weight excluding hydrogens is 274 g/mol. The Morgan fingerprint density at radius 3 is 2.41 bits per heavy atom. The van der Waals surface area contributed by atoms with Crippen LogP contribution in [0.25, 0.3) is 0 Å². The second kappa shape index (κ2) is 6.76. The van der Waals surface area contributed by atoms with E-state index in [1.807, 2.05) is 66.7 Å². The Morgan fingerprint density at radius 2 is 1.64 bits per heavy atom. The van der Waals surface area contributed by atoms with Crippen molar-refractivity contribution < 1.29 is 9.47 Å². The average molecular weight is 291 g/mol. The van der Waals surface area contributed by atoms with Crippen LogP contribution >= 0.6 is 0 Å². The van der Waals surface area contributed by atoms with Crippen LogP contribution < -0.4 is 9.47 Å². The first-order valence-electron chi connectivity index (χ1n) is 7.17. The Balaban J connectivity index is 1.66. The van der Waals surface area contributed by atoms with Gasteiger partial charge in [-0.3, -0.25) is 4.98 Å². The largest absolute Gasteiger partial charge is 0.487 e. The van der Waals surface area contributed by atoms with Crippen molar-refractivity contribution in [2.24, 2.45) is 0 Å². The topological polar surface area (TPSA) is 31.4 Å². The van der Waals surface area contributed by atoms with Crippen molar-refractivity contribution in [3.63, 3.8) is 0 Å². The summed E-state index contributed by atoms with van der Waals surface area (Å²) in [6.07, 6.45) is 1.76. The van der Waals surface area contributed by atoms with Crippen LogP contribution in [0.5, 0.6) is 17.2 Å². The highest BCUT2D eigenvalue weighted by molar-refractivity contribution is 5.37. The molecule has 0 radical (unpaired) electrons. The summed E-state index contributed by atoms with van der Waals surface area (Å²) < 4.78 is 11.6. The third-order valence-electron chi connectivity index (χ3n) is 3.18. The number of ether oxygens (including phenoxy) is 2. The molecule has 3 heteroatoms. The second-order valence-electron chi connectivity index (χ2n) is 5.00. The predicted octanol–water partition coefficient (Wildman–Crippen LogP) is 4.76. The molecule has 0 atom stereocenters. The Hall–Kier alpha value is -2.81. The summed E-state index contributed by atoms with van der Waals surface area (Å²) >= 11 is 0. The number of aryl methyl sites for hydroxylation is 1. The summed E-state index contributed by atoms with van der Waals surface area (Å²) in [5.41, 5.74) is 2.10. The molecule has 2 aromatic carbocycles. The molecule has 3 aromatic rings. The zero-order chi connectivity index (χ0) is 15.2. The molecule has 0 saturated heterocycles. The Bertz CT molecular complexity index is 724. The molecule has 0 aliphatic carbocycles. The summed E-state index contributed by atoms with van der Waals surface area (Å²) in [6.45, 7) is 2.49. The third kappa shape index (κ3) is 3.85. The van der Waals surface area contributed by atoms with E-state index in [2.05, 4.69) is 11.9 Å². The summed E-state index contributed by atoms with van der Waals surface area (Å²) in [5.74, 6) is 2.32. The highest BCUT2D eigenvalue weighted by Gasteiger charge is 2.01. The number of aromatic nitrogens is 1. The van der Waals surface area contributed by atoms with E-state index in [1.54, 1.807) is 6.20 Å². The molecule has 0 bridgehead atoms. The molecule has 3 nitrogen and oxygen atoms in total. The lowest BCUT2D eigenvalue weighted by molar-refractivity contribution is 0.300. The van der Waals surface area contributed by atoms with Gasteiger partial charge in [-0.2, -0.15) is 0 Å². The summed E-state index contributed by atoms with van der Waals surface area (Å²) in [5, 5.41) is 0. The monoisotopic (exact) mass is 291 g/mol. The molecule has 0 aliphatic heterocycles. The van der Waals surface area contributed by atoms with Crippen LogP contribution in [-0.4, -0.2) is 4.98 Å². The second-order valence-corrected chi connectivity index (χ2v) is 5.00. The highest BCUT2D eigenvalue weighted by atomic mass is 16.5. The third-order valence-corrected chi connectivity index (χ3v) is 3.18. The van der Waals surface area contributed by atoms with Crippen LogP contribution in [0.3, 0.4) is 0 Å². The van der Waals surface area contributed by atoms with Gasteiger partial charge in [0.1, 0.15) is 23.9 Å². The predicted molar refractivity (Wildman–Crippen MR) is 86.3 cm³/mol. The molecule has 0 unspecified atom stereocenters. The first kappa shape index (κ1) is 14.1. The SMILES string of the molecule is Cc1ccc(Oc2cccc(OCc3ccccn3)c2)cc1. The van der Waals surface area contributed by atoms with E-state index in [0.717, 1.165) is 22.9 Å². The van der Waals surface area contributed by atoms with Crippen molar-refractivity contribution in [1.29, 1.82) is 0 Å². The number of hydrogen-bond acceptors (Lipinski definition) is 3. The minimum Gasteiger partial charge on any atom is -0.487 e. The Morgan fingerprint density at radius 1 is 0.818 bits per heavy atom. The zero-order valence-electron chi connectivity index (χ0n) is 12.4. The molecule has 0 spiro atoms. The van der Waals surface area contributed by atoms with Gasteiger partial charge in [-0.15, -0.1) is 0 Å². The van der Waals surface area contributed by atoms with Crippen molar-refractivity contribution >= 4 is 0 Å². The van der Waals surface area contributed by atoms with Crippen LogP contribution in [0.1, 0.15) is 11.3 Å². The van der Waals surface area contributed by atoms with Gasteiger partial charge in [-0.1, -0.05) is 29.8 Å². The maximum Gasteiger partial charge on any atom is 0.131 e. The fraction of sp³-hybridized carbons (Fsp3) is 0.105. The maximum atomic E-state index is 5.83. The maximum absolute atomic E-state index is 5.83. The molecule has 0 saturated carbocycles. The van der Waals surface area contributed by atoms with Crippen LogP contribution in [-0.2, 0) is 6.61 Å². The van der Waals surface area contributed by atoms with E-state index in [4.69, 9.17) is 9.47 Å². The number of pyridine rings is 1. The van der Waals surface area contributed by atoms with Gasteiger partial charge in [0.2, 0.25) is 0 Å². The molecule has 0 N–H and O–H groups in total. The highest BCUT2D eigenvalue weighted by Crippen LogP contribution is 2.25. The number of hydrogen-bond donors (Lipinski definition) is 0. The van der Waals surface area contributed by atoms with Gasteiger partial charge < -0.3 is 9.47 Å². The van der Waals surface area contributed by atoms with Gasteiger partial charge in [-0.05, 0) is 43.3 Å². The van der Waals surface area contributed by atoms with E-state index in [-0.39, 0.29) is 0 Å². The molecule has 3 rings (SSSR count). The summed E-state index contributed by atoms with van der Waals surface area (Å²) in [6, 6.07) is 21.3. The average Bonchev–Trinajstić information content (AvgIpc) is 2.57. The number of nitrogens with zero attached hydrogens (tertiary/aromatic N) is 1. The zero-order valence-corrected chi connectivity index (χ0v) is 12.4. The van der Waals surface area contributed by atoms with Crippen LogP contribution in [0.15, 0.2) is 72.9 Å². The lowest BCUT2D eigenvalue weighted by Crippen LogP contribution is -1.97. The number of rotatable bonds is 5. The van der Waals surface area contributed by atoms with Crippen molar-refractivity contribution in [2.75, 3.05) is 0 Å². The fourth-order valence-electron chi connectivity index (χ4n) is 2.01. The van der Waals surface area contributed by atoms with Gasteiger partial charge in [0.25, 0.3) is 0 Å². The van der Waals surface area contributed by atoms with Gasteiger partial charge in [0, 0.05) is 12.3 Å². The van der Waals surface area contributed by atoms with E-state index in [0.29, 0.717) is 6.61 Å². The standard InChI is InChI=1S/C19H17NO2/c1-15-8-10-17(11-9-15)22-19-7-4-6-18(13-19)21-14-16-5-2-3-12-20-16/h2-13H,14H2,1H3. The van der Waals surface area contributed by atoms with Crippen molar-refractivity contribution in [1.82, 2.24) is 4.98 Å². The molecule has 0 amide bonds. The Kier molecular flexibility index (Phi) is 4.35. The fourth-order valence-corrected chi connectivity index (χ4v) is 2.01. The molecule has 0 fully saturated rings. The smallest absolute Gasteiger partial charge is 0.131 e. The molecule has 1 heterocycles. The lowest BCUT2D eigenvalue weighted by Gasteiger charge is -2.09. The van der Waals surface area contributed by atoms with Crippen molar-refractivity contribution in [3.8, 4) is 17.2 Å². The van der Waals surface area contributed by atoms with Gasteiger partial charge in [0.15, 0.2) is 0 Å². The number of benzene rings is 2. The molecular formula is C19H17NO2. The van der Waals surface area contributed by atoms with E-state index in [9.17, 15) is 0 Å². The molecule has 1 aromatic heterocycles. The van der Waals surface area contributed by atoms with Crippen LogP contribution in [0.2, 0.25) is 0 Å². The molecule has 22 heavy (non-hydrogen) atoms. The lowest BCUT2D eigenvalue weighted by atomic mass is 10.2. The van der Waals surface area contributed by atoms with Gasteiger partial charge in [-0.25, -0.2) is 0 Å². The van der Waals surface area contributed by atoms with Crippen LogP contribution in [0.4, 0.5) is 0 Å². The molecule has 110 valence electrons. The quantitative estimate of drug-likeness (QED) is 0.679. The van der Waals surface area contributed by atoms with E-state index in [1.165, 1.54) is 5.56 Å². The normalized spacial score (nSPS) is 10.2. The minimum atomic E-state index is 0.439. The van der Waals surface area contributed by atoms with Crippen molar-refractivity contribution in [2.45, 2.75) is 13.5 Å². The Labute approximate surface area is 130 Å².